The van der Waals surface area contributed by atoms with Crippen molar-refractivity contribution in [3.63, 3.8) is 0 Å². The quantitative estimate of drug-likeness (QED) is 0.268. The van der Waals surface area contributed by atoms with Gasteiger partial charge in [-0.05, 0) is 30.5 Å². The Labute approximate surface area is 200 Å². The van der Waals surface area contributed by atoms with Crippen LogP contribution in [0.5, 0.6) is 0 Å². The minimum Gasteiger partial charge on any atom is -0.377 e. The summed E-state index contributed by atoms with van der Waals surface area (Å²) >= 11 is 0. The molecular weight excluding hydrogens is 509 g/mol. The number of aliphatic imine (C=N–C) groups is 1. The SMILES string of the molecule is CCCNC(=O)c1cccc(CNC(=NC)NC2CCc3nc(COC)nn3C2)c1.I. The Morgan fingerprint density at radius 3 is 2.94 bits per heavy atom. The molecule has 1 aliphatic rings. The molecule has 31 heavy (non-hydrogen) atoms. The van der Waals surface area contributed by atoms with Gasteiger partial charge in [-0.1, -0.05) is 19.1 Å². The fraction of sp³-hybridized carbons (Fsp3) is 0.524. The number of aromatic nitrogens is 3. The van der Waals surface area contributed by atoms with Gasteiger partial charge in [0.1, 0.15) is 12.4 Å². The van der Waals surface area contributed by atoms with Crippen LogP contribution in [0.25, 0.3) is 0 Å². The van der Waals surface area contributed by atoms with E-state index in [0.29, 0.717) is 25.3 Å². The summed E-state index contributed by atoms with van der Waals surface area (Å²) in [6.45, 7) is 4.46. The number of hydrogen-bond donors (Lipinski definition) is 3. The van der Waals surface area contributed by atoms with Crippen molar-refractivity contribution in [1.82, 2.24) is 30.7 Å². The number of amides is 1. The van der Waals surface area contributed by atoms with Gasteiger partial charge >= 0.3 is 0 Å². The number of guanidine groups is 1. The van der Waals surface area contributed by atoms with E-state index in [9.17, 15) is 4.79 Å². The normalized spacial score (nSPS) is 15.6. The summed E-state index contributed by atoms with van der Waals surface area (Å²) in [7, 11) is 3.40. The summed E-state index contributed by atoms with van der Waals surface area (Å²) in [4.78, 5) is 21.0. The molecule has 3 rings (SSSR count). The van der Waals surface area contributed by atoms with E-state index in [4.69, 9.17) is 4.74 Å². The second-order valence-corrected chi connectivity index (χ2v) is 7.32. The number of nitrogens with one attached hydrogen (secondary N) is 3. The number of rotatable bonds is 8. The number of halogens is 1. The molecule has 0 fully saturated rings. The second-order valence-electron chi connectivity index (χ2n) is 7.32. The fourth-order valence-corrected chi connectivity index (χ4v) is 3.41. The van der Waals surface area contributed by atoms with Gasteiger partial charge in [-0.25, -0.2) is 9.67 Å². The van der Waals surface area contributed by atoms with Gasteiger partial charge in [-0.2, -0.15) is 5.10 Å². The number of hydrogen-bond acceptors (Lipinski definition) is 5. The first-order valence-electron chi connectivity index (χ1n) is 10.4. The van der Waals surface area contributed by atoms with Crippen LogP contribution in [0.15, 0.2) is 29.3 Å². The van der Waals surface area contributed by atoms with Crippen LogP contribution in [0.3, 0.4) is 0 Å². The summed E-state index contributed by atoms with van der Waals surface area (Å²) in [5.74, 6) is 2.40. The van der Waals surface area contributed by atoms with Crippen molar-refractivity contribution in [3.8, 4) is 0 Å². The molecule has 3 N–H and O–H groups in total. The van der Waals surface area contributed by atoms with Crippen molar-refractivity contribution in [2.45, 2.75) is 51.9 Å². The van der Waals surface area contributed by atoms with Gasteiger partial charge in [-0.3, -0.25) is 9.79 Å². The largest absolute Gasteiger partial charge is 0.377 e. The van der Waals surface area contributed by atoms with E-state index in [0.717, 1.165) is 49.0 Å². The van der Waals surface area contributed by atoms with E-state index >= 15 is 0 Å². The third kappa shape index (κ3) is 7.17. The number of nitrogens with zero attached hydrogens (tertiary/aromatic N) is 4. The minimum absolute atomic E-state index is 0. The van der Waals surface area contributed by atoms with Crippen LogP contribution in [0.1, 0.15) is 47.3 Å². The molecule has 1 aromatic carbocycles. The van der Waals surface area contributed by atoms with Gasteiger partial charge in [0.2, 0.25) is 0 Å². The zero-order valence-electron chi connectivity index (χ0n) is 18.4. The molecule has 1 aromatic heterocycles. The molecule has 1 unspecified atom stereocenters. The maximum absolute atomic E-state index is 12.2. The van der Waals surface area contributed by atoms with E-state index in [1.54, 1.807) is 14.2 Å². The zero-order chi connectivity index (χ0) is 21.3. The Balaban J connectivity index is 0.00000341. The predicted molar refractivity (Wildman–Crippen MR) is 131 cm³/mol. The number of carbonyl (C=O) groups is 1. The Morgan fingerprint density at radius 1 is 1.35 bits per heavy atom. The average Bonchev–Trinajstić information content (AvgIpc) is 3.17. The Morgan fingerprint density at radius 2 is 2.19 bits per heavy atom. The topological polar surface area (TPSA) is 105 Å². The average molecular weight is 541 g/mol. The van der Waals surface area contributed by atoms with E-state index in [1.807, 2.05) is 35.9 Å². The highest BCUT2D eigenvalue weighted by Crippen LogP contribution is 2.13. The van der Waals surface area contributed by atoms with Crippen molar-refractivity contribution < 1.29 is 9.53 Å². The van der Waals surface area contributed by atoms with Gasteiger partial charge in [0, 0.05) is 45.3 Å². The van der Waals surface area contributed by atoms with Crippen LogP contribution in [-0.2, 0) is 30.9 Å². The molecule has 1 atom stereocenters. The van der Waals surface area contributed by atoms with E-state index in [-0.39, 0.29) is 35.9 Å². The first-order valence-corrected chi connectivity index (χ1v) is 10.4. The molecule has 9 nitrogen and oxygen atoms in total. The molecule has 1 aliphatic heterocycles. The van der Waals surface area contributed by atoms with E-state index < -0.39 is 0 Å². The molecule has 0 radical (unpaired) electrons. The molecule has 0 spiro atoms. The van der Waals surface area contributed by atoms with Gasteiger partial charge < -0.3 is 20.7 Å². The third-order valence-electron chi connectivity index (χ3n) is 4.92. The Kier molecular flexibility index (Phi) is 10.2. The van der Waals surface area contributed by atoms with Crippen LogP contribution in [0, 0.1) is 0 Å². The van der Waals surface area contributed by atoms with E-state index in [2.05, 4.69) is 31.0 Å². The number of carbonyl (C=O) groups excluding carboxylic acids is 1. The summed E-state index contributed by atoms with van der Waals surface area (Å²) < 4.78 is 7.07. The third-order valence-corrected chi connectivity index (χ3v) is 4.92. The van der Waals surface area contributed by atoms with Crippen molar-refractivity contribution in [2.24, 2.45) is 4.99 Å². The highest BCUT2D eigenvalue weighted by molar-refractivity contribution is 14.0. The van der Waals surface area contributed by atoms with Crippen molar-refractivity contribution in [2.75, 3.05) is 20.7 Å². The molecule has 170 valence electrons. The summed E-state index contributed by atoms with van der Waals surface area (Å²) in [5, 5.41) is 14.2. The molecular formula is C21H32IN7O2. The van der Waals surface area contributed by atoms with Crippen molar-refractivity contribution in [3.05, 3.63) is 47.0 Å². The van der Waals surface area contributed by atoms with Crippen molar-refractivity contribution in [1.29, 1.82) is 0 Å². The maximum atomic E-state index is 12.2. The summed E-state index contributed by atoms with van der Waals surface area (Å²) in [5.41, 5.74) is 1.69. The van der Waals surface area contributed by atoms with Crippen LogP contribution < -0.4 is 16.0 Å². The monoisotopic (exact) mass is 541 g/mol. The summed E-state index contributed by atoms with van der Waals surface area (Å²) in [6, 6.07) is 7.85. The second kappa shape index (κ2) is 12.6. The molecule has 10 heteroatoms. The molecule has 1 amide bonds. The predicted octanol–water partition coefficient (Wildman–Crippen LogP) is 1.86. The molecule has 0 saturated heterocycles. The standard InChI is InChI=1S/C21H31N7O2.HI/c1-4-10-23-20(29)16-7-5-6-15(11-16)12-24-21(22-2)25-17-8-9-19-26-18(14-30-3)27-28(19)13-17;/h5-7,11,17H,4,8-10,12-14H2,1-3H3,(H,23,29)(H2,22,24,25);1H. The molecule has 0 saturated carbocycles. The van der Waals surface area contributed by atoms with Gasteiger partial charge in [0.05, 0.1) is 6.54 Å². The zero-order valence-corrected chi connectivity index (χ0v) is 20.7. The number of aryl methyl sites for hydroxylation is 1. The Bertz CT molecular complexity index is 884. The lowest BCUT2D eigenvalue weighted by atomic mass is 10.1. The summed E-state index contributed by atoms with van der Waals surface area (Å²) in [6.07, 6.45) is 2.74. The highest BCUT2D eigenvalue weighted by Gasteiger charge is 2.22. The first kappa shape index (κ1) is 25.1. The molecule has 0 bridgehead atoms. The highest BCUT2D eigenvalue weighted by atomic mass is 127. The van der Waals surface area contributed by atoms with Gasteiger partial charge in [0.25, 0.3) is 5.91 Å². The lowest BCUT2D eigenvalue weighted by molar-refractivity contribution is 0.0953. The van der Waals surface area contributed by atoms with Gasteiger partial charge in [-0.15, -0.1) is 24.0 Å². The van der Waals surface area contributed by atoms with E-state index in [1.165, 1.54) is 0 Å². The minimum atomic E-state index is -0.0418. The number of fused-ring (bicyclic) bond motifs is 1. The number of methoxy groups -OCH3 is 1. The smallest absolute Gasteiger partial charge is 0.251 e. The number of ether oxygens (including phenoxy) is 1. The van der Waals surface area contributed by atoms with Crippen molar-refractivity contribution >= 4 is 35.8 Å². The van der Waals surface area contributed by atoms with Crippen LogP contribution in [0.4, 0.5) is 0 Å². The molecule has 0 aliphatic carbocycles. The van der Waals surface area contributed by atoms with Crippen LogP contribution in [0.2, 0.25) is 0 Å². The van der Waals surface area contributed by atoms with Crippen LogP contribution >= 0.6 is 24.0 Å². The maximum Gasteiger partial charge on any atom is 0.251 e. The van der Waals surface area contributed by atoms with Crippen LogP contribution in [-0.4, -0.2) is 53.4 Å². The fourth-order valence-electron chi connectivity index (χ4n) is 3.41. The molecule has 2 heterocycles. The number of benzene rings is 1. The first-order chi connectivity index (χ1) is 14.6. The lowest BCUT2D eigenvalue weighted by Gasteiger charge is -2.25. The lowest BCUT2D eigenvalue weighted by Crippen LogP contribution is -2.46. The Hall–Kier alpha value is -2.21. The molecule has 2 aromatic rings. The van der Waals surface area contributed by atoms with Gasteiger partial charge in [0.15, 0.2) is 11.8 Å².